The normalized spacial score (nSPS) is 16.5. The molecule has 1 amide bonds. The van der Waals surface area contributed by atoms with Crippen LogP contribution in [0.25, 0.3) is 11.3 Å². The summed E-state index contributed by atoms with van der Waals surface area (Å²) in [6.07, 6.45) is 1.08. The molecule has 1 aromatic heterocycles. The average Bonchev–Trinajstić information content (AvgIpc) is 3.07. The maximum atomic E-state index is 14.0. The van der Waals surface area contributed by atoms with Crippen molar-refractivity contribution in [1.82, 2.24) is 15.5 Å². The Bertz CT molecular complexity index is 795. The third-order valence-electron chi connectivity index (χ3n) is 4.55. The zero-order chi connectivity index (χ0) is 18.7. The van der Waals surface area contributed by atoms with E-state index in [1.165, 1.54) is 19.2 Å². The van der Waals surface area contributed by atoms with Gasteiger partial charge in [0, 0.05) is 29.5 Å². The summed E-state index contributed by atoms with van der Waals surface area (Å²) in [6, 6.07) is 6.22. The van der Waals surface area contributed by atoms with Crippen molar-refractivity contribution in [3.8, 4) is 22.9 Å². The molecule has 6 nitrogen and oxygen atoms in total. The highest BCUT2D eigenvalue weighted by atomic mass is 19.1. The largest absolute Gasteiger partial charge is 0.487 e. The number of hydrogen-bond donors (Lipinski definition) is 1. The number of carbonyl (C=O) groups is 1. The van der Waals surface area contributed by atoms with E-state index in [-0.39, 0.29) is 23.7 Å². The number of aromatic nitrogens is 2. The fourth-order valence-corrected chi connectivity index (χ4v) is 2.85. The minimum absolute atomic E-state index is 0.000480. The third kappa shape index (κ3) is 3.76. The predicted molar refractivity (Wildman–Crippen MR) is 94.6 cm³/mol. The number of amides is 1. The predicted octanol–water partition coefficient (Wildman–Crippen LogP) is 2.76. The van der Waals surface area contributed by atoms with Crippen molar-refractivity contribution in [1.29, 1.82) is 0 Å². The summed E-state index contributed by atoms with van der Waals surface area (Å²) in [5.41, 5.74) is 1.82. The highest BCUT2D eigenvalue weighted by Crippen LogP contribution is 2.38. The zero-order valence-electron chi connectivity index (χ0n) is 15.1. The molecule has 0 saturated carbocycles. The van der Waals surface area contributed by atoms with E-state index in [9.17, 15) is 9.18 Å². The van der Waals surface area contributed by atoms with E-state index in [1.807, 2.05) is 13.8 Å². The van der Waals surface area contributed by atoms with Crippen LogP contribution in [0.5, 0.6) is 11.6 Å². The molecule has 3 rings (SSSR count). The van der Waals surface area contributed by atoms with Crippen molar-refractivity contribution < 1.29 is 18.7 Å². The number of hydrogen-bond acceptors (Lipinski definition) is 5. The minimum Gasteiger partial charge on any atom is -0.487 e. The van der Waals surface area contributed by atoms with Crippen LogP contribution >= 0.6 is 0 Å². The van der Waals surface area contributed by atoms with Gasteiger partial charge in [0.25, 0.3) is 0 Å². The molecule has 0 unspecified atom stereocenters. The SMILES string of the molecule is CC[C@@H](C)C(=O)NC[C@@H]1Cc2cc(F)cc(-c3ccc(OC)nn3)c2O1. The second-order valence-corrected chi connectivity index (χ2v) is 6.40. The lowest BCUT2D eigenvalue weighted by atomic mass is 10.0. The Kier molecular flexibility index (Phi) is 5.35. The van der Waals surface area contributed by atoms with Crippen LogP contribution in [0.2, 0.25) is 0 Å². The van der Waals surface area contributed by atoms with Crippen LogP contribution in [-0.2, 0) is 11.2 Å². The van der Waals surface area contributed by atoms with Gasteiger partial charge in [0.15, 0.2) is 0 Å². The van der Waals surface area contributed by atoms with Gasteiger partial charge in [-0.25, -0.2) is 4.39 Å². The summed E-state index contributed by atoms with van der Waals surface area (Å²) in [6.45, 7) is 4.24. The van der Waals surface area contributed by atoms with Crippen LogP contribution < -0.4 is 14.8 Å². The summed E-state index contributed by atoms with van der Waals surface area (Å²) in [4.78, 5) is 11.9. The molecule has 7 heteroatoms. The second-order valence-electron chi connectivity index (χ2n) is 6.40. The second kappa shape index (κ2) is 7.68. The number of halogens is 1. The quantitative estimate of drug-likeness (QED) is 0.859. The summed E-state index contributed by atoms with van der Waals surface area (Å²) in [7, 11) is 1.50. The Labute approximate surface area is 151 Å². The van der Waals surface area contributed by atoms with Gasteiger partial charge in [0.1, 0.15) is 17.7 Å². The number of ether oxygens (including phenoxy) is 2. The van der Waals surface area contributed by atoms with Crippen molar-refractivity contribution in [2.24, 2.45) is 5.92 Å². The molecule has 26 heavy (non-hydrogen) atoms. The van der Waals surface area contributed by atoms with Gasteiger partial charge in [0.05, 0.1) is 19.3 Å². The first kappa shape index (κ1) is 18.1. The van der Waals surface area contributed by atoms with Gasteiger partial charge in [-0.1, -0.05) is 13.8 Å². The summed E-state index contributed by atoms with van der Waals surface area (Å²) in [5.74, 6) is 0.576. The number of methoxy groups -OCH3 is 1. The maximum Gasteiger partial charge on any atom is 0.233 e. The van der Waals surface area contributed by atoms with Gasteiger partial charge in [-0.05, 0) is 24.6 Å². The summed E-state index contributed by atoms with van der Waals surface area (Å²) >= 11 is 0. The van der Waals surface area contributed by atoms with Crippen LogP contribution in [0.3, 0.4) is 0 Å². The first-order chi connectivity index (χ1) is 12.5. The van der Waals surface area contributed by atoms with Crippen LogP contribution in [0.4, 0.5) is 4.39 Å². The standard InChI is InChI=1S/C19H22FN3O3/c1-4-11(2)19(24)21-10-14-8-12-7-13(20)9-15(18(12)26-14)16-5-6-17(25-3)23-22-16/h5-7,9,11,14H,4,8,10H2,1-3H3,(H,21,24)/t11-,14+/m1/s1. The van der Waals surface area contributed by atoms with Gasteiger partial charge in [-0.15, -0.1) is 10.2 Å². The highest BCUT2D eigenvalue weighted by Gasteiger charge is 2.28. The van der Waals surface area contributed by atoms with Crippen LogP contribution in [0, 0.1) is 11.7 Å². The van der Waals surface area contributed by atoms with Crippen molar-refractivity contribution in [2.75, 3.05) is 13.7 Å². The molecule has 0 radical (unpaired) electrons. The summed E-state index contributed by atoms with van der Waals surface area (Å²) in [5, 5.41) is 10.9. The third-order valence-corrected chi connectivity index (χ3v) is 4.55. The molecule has 1 N–H and O–H groups in total. The lowest BCUT2D eigenvalue weighted by molar-refractivity contribution is -0.124. The van der Waals surface area contributed by atoms with E-state index >= 15 is 0 Å². The van der Waals surface area contributed by atoms with E-state index in [0.717, 1.165) is 12.0 Å². The fraction of sp³-hybridized carbons (Fsp3) is 0.421. The Morgan fingerprint density at radius 1 is 1.42 bits per heavy atom. The smallest absolute Gasteiger partial charge is 0.233 e. The average molecular weight is 359 g/mol. The number of nitrogens with one attached hydrogen (secondary N) is 1. The van der Waals surface area contributed by atoms with E-state index in [0.29, 0.717) is 35.9 Å². The van der Waals surface area contributed by atoms with Crippen molar-refractivity contribution >= 4 is 5.91 Å². The number of nitrogens with zero attached hydrogens (tertiary/aromatic N) is 2. The van der Waals surface area contributed by atoms with Crippen LogP contribution in [0.15, 0.2) is 24.3 Å². The molecular weight excluding hydrogens is 337 g/mol. The number of fused-ring (bicyclic) bond motifs is 1. The van der Waals surface area contributed by atoms with E-state index in [1.54, 1.807) is 12.1 Å². The molecule has 1 aliphatic rings. The molecule has 1 aromatic carbocycles. The van der Waals surface area contributed by atoms with Crippen LogP contribution in [-0.4, -0.2) is 35.9 Å². The Morgan fingerprint density at radius 3 is 2.88 bits per heavy atom. The Balaban J connectivity index is 1.78. The number of rotatable bonds is 6. The number of benzene rings is 1. The van der Waals surface area contributed by atoms with Crippen LogP contribution in [0.1, 0.15) is 25.8 Å². The number of carbonyl (C=O) groups excluding carboxylic acids is 1. The molecule has 0 aliphatic carbocycles. The molecule has 0 bridgehead atoms. The molecule has 138 valence electrons. The molecule has 0 saturated heterocycles. The van der Waals surface area contributed by atoms with E-state index in [4.69, 9.17) is 9.47 Å². The van der Waals surface area contributed by atoms with Crippen molar-refractivity contribution in [3.05, 3.63) is 35.6 Å². The van der Waals surface area contributed by atoms with Gasteiger partial charge in [-0.3, -0.25) is 4.79 Å². The molecule has 2 aromatic rings. The Morgan fingerprint density at radius 2 is 2.23 bits per heavy atom. The van der Waals surface area contributed by atoms with E-state index < -0.39 is 0 Å². The molecule has 1 aliphatic heterocycles. The Hall–Kier alpha value is -2.70. The highest BCUT2D eigenvalue weighted by molar-refractivity contribution is 5.78. The first-order valence-electron chi connectivity index (χ1n) is 8.66. The topological polar surface area (TPSA) is 73.3 Å². The van der Waals surface area contributed by atoms with E-state index in [2.05, 4.69) is 15.5 Å². The van der Waals surface area contributed by atoms with Crippen molar-refractivity contribution in [2.45, 2.75) is 32.8 Å². The van der Waals surface area contributed by atoms with Crippen molar-refractivity contribution in [3.63, 3.8) is 0 Å². The zero-order valence-corrected chi connectivity index (χ0v) is 15.1. The lowest BCUT2D eigenvalue weighted by Gasteiger charge is -2.15. The molecule has 2 heterocycles. The van der Waals surface area contributed by atoms with Gasteiger partial charge >= 0.3 is 0 Å². The first-order valence-corrected chi connectivity index (χ1v) is 8.66. The lowest BCUT2D eigenvalue weighted by Crippen LogP contribution is -2.37. The molecule has 0 spiro atoms. The molecular formula is C19H22FN3O3. The maximum absolute atomic E-state index is 14.0. The summed E-state index contributed by atoms with van der Waals surface area (Å²) < 4.78 is 25.0. The minimum atomic E-state index is -0.357. The van der Waals surface area contributed by atoms with Gasteiger partial charge in [-0.2, -0.15) is 0 Å². The fourth-order valence-electron chi connectivity index (χ4n) is 2.85. The van der Waals surface area contributed by atoms with Gasteiger partial charge < -0.3 is 14.8 Å². The monoisotopic (exact) mass is 359 g/mol. The molecule has 2 atom stereocenters. The van der Waals surface area contributed by atoms with Gasteiger partial charge in [0.2, 0.25) is 11.8 Å². The molecule has 0 fully saturated rings.